The first-order chi connectivity index (χ1) is 17.6. The molecule has 0 unspecified atom stereocenters. The molecule has 0 aromatic heterocycles. The minimum Gasteiger partial charge on any atom is -0.432 e. The first-order valence-electron chi connectivity index (χ1n) is 14.0. The second kappa shape index (κ2) is 10.4. The summed E-state index contributed by atoms with van der Waals surface area (Å²) in [5.74, 6) is 0. The SMILES string of the molecule is CC(C)(CCc1cc(CO[Si](C)(C)C(C)(C)C)cc(-c2cc3ccccc3c3ccccc23)c1)[Si](C)(C)O. The lowest BCUT2D eigenvalue weighted by molar-refractivity contribution is 0.276. The monoisotopic (exact) mass is 542 g/mol. The molecule has 202 valence electrons. The molecular formula is C34H46O2Si2. The van der Waals surface area contributed by atoms with Crippen molar-refractivity contribution in [2.45, 2.75) is 90.3 Å². The third-order valence-electron chi connectivity index (χ3n) is 9.23. The third-order valence-corrected chi connectivity index (χ3v) is 17.3. The molecule has 4 aromatic rings. The number of hydrogen-bond acceptors (Lipinski definition) is 2. The normalized spacial score (nSPS) is 13.4. The summed E-state index contributed by atoms with van der Waals surface area (Å²) in [6.07, 6.45) is 1.91. The maximum Gasteiger partial charge on any atom is 0.192 e. The highest BCUT2D eigenvalue weighted by Gasteiger charge is 2.38. The summed E-state index contributed by atoms with van der Waals surface area (Å²) in [5.41, 5.74) is 5.07. The van der Waals surface area contributed by atoms with Gasteiger partial charge < -0.3 is 9.22 Å². The summed E-state index contributed by atoms with van der Waals surface area (Å²) in [5, 5.41) is 5.24. The van der Waals surface area contributed by atoms with Crippen molar-refractivity contribution in [2.75, 3.05) is 0 Å². The maximum atomic E-state index is 10.9. The van der Waals surface area contributed by atoms with Gasteiger partial charge in [0.25, 0.3) is 0 Å². The number of benzene rings is 4. The fourth-order valence-corrected chi connectivity index (χ4v) is 6.38. The lowest BCUT2D eigenvalue weighted by Gasteiger charge is -2.36. The van der Waals surface area contributed by atoms with E-state index in [-0.39, 0.29) is 10.1 Å². The topological polar surface area (TPSA) is 29.5 Å². The zero-order valence-corrected chi connectivity index (χ0v) is 26.9. The van der Waals surface area contributed by atoms with Crippen LogP contribution in [0.1, 0.15) is 52.2 Å². The Bertz CT molecular complexity index is 1390. The lowest BCUT2D eigenvalue weighted by Crippen LogP contribution is -2.40. The van der Waals surface area contributed by atoms with Gasteiger partial charge in [0.2, 0.25) is 0 Å². The van der Waals surface area contributed by atoms with Crippen molar-refractivity contribution >= 4 is 38.2 Å². The van der Waals surface area contributed by atoms with E-state index in [1.807, 2.05) is 0 Å². The van der Waals surface area contributed by atoms with Crippen LogP contribution in [0.4, 0.5) is 0 Å². The molecule has 0 aliphatic heterocycles. The highest BCUT2D eigenvalue weighted by atomic mass is 28.4. The molecule has 0 amide bonds. The Kier molecular flexibility index (Phi) is 7.86. The van der Waals surface area contributed by atoms with Crippen LogP contribution in [0.25, 0.3) is 32.7 Å². The summed E-state index contributed by atoms with van der Waals surface area (Å²) in [6.45, 7) is 20.7. The molecule has 0 saturated heterocycles. The zero-order valence-electron chi connectivity index (χ0n) is 24.9. The van der Waals surface area contributed by atoms with Crippen LogP contribution in [0.2, 0.25) is 36.3 Å². The quantitative estimate of drug-likeness (QED) is 0.177. The van der Waals surface area contributed by atoms with E-state index < -0.39 is 16.6 Å². The van der Waals surface area contributed by atoms with Crippen molar-refractivity contribution < 1.29 is 9.22 Å². The fraction of sp³-hybridized carbons (Fsp3) is 0.412. The van der Waals surface area contributed by atoms with Crippen molar-refractivity contribution in [1.29, 1.82) is 0 Å². The first-order valence-corrected chi connectivity index (χ1v) is 19.8. The molecule has 0 radical (unpaired) electrons. The average molecular weight is 543 g/mol. The van der Waals surface area contributed by atoms with E-state index in [2.05, 4.69) is 134 Å². The van der Waals surface area contributed by atoms with E-state index in [9.17, 15) is 4.80 Å². The largest absolute Gasteiger partial charge is 0.432 e. The molecule has 0 aliphatic carbocycles. The molecule has 4 heteroatoms. The molecule has 0 aliphatic rings. The van der Waals surface area contributed by atoms with E-state index in [0.717, 1.165) is 12.8 Å². The van der Waals surface area contributed by atoms with E-state index >= 15 is 0 Å². The van der Waals surface area contributed by atoms with Gasteiger partial charge in [0.1, 0.15) is 0 Å². The smallest absolute Gasteiger partial charge is 0.192 e. The lowest BCUT2D eigenvalue weighted by atomic mass is 9.90. The van der Waals surface area contributed by atoms with E-state index in [4.69, 9.17) is 4.43 Å². The first kappa shape index (κ1) is 28.8. The molecule has 1 N–H and O–H groups in total. The Morgan fingerprint density at radius 3 is 1.92 bits per heavy atom. The number of fused-ring (bicyclic) bond motifs is 3. The van der Waals surface area contributed by atoms with Crippen LogP contribution >= 0.6 is 0 Å². The Labute approximate surface area is 232 Å². The van der Waals surface area contributed by atoms with Crippen LogP contribution in [0.5, 0.6) is 0 Å². The van der Waals surface area contributed by atoms with Crippen molar-refractivity contribution in [1.82, 2.24) is 0 Å². The molecular weight excluding hydrogens is 497 g/mol. The van der Waals surface area contributed by atoms with Gasteiger partial charge in [-0.05, 0) is 105 Å². The highest BCUT2D eigenvalue weighted by Crippen LogP contribution is 2.41. The Balaban J connectivity index is 1.82. The minimum atomic E-state index is -2.28. The van der Waals surface area contributed by atoms with E-state index in [1.54, 1.807) is 0 Å². The molecule has 4 aromatic carbocycles. The van der Waals surface area contributed by atoms with Crippen molar-refractivity contribution in [3.05, 3.63) is 83.9 Å². The molecule has 0 saturated carbocycles. The van der Waals surface area contributed by atoms with Gasteiger partial charge in [0, 0.05) is 0 Å². The van der Waals surface area contributed by atoms with Crippen molar-refractivity contribution in [3.63, 3.8) is 0 Å². The fourth-order valence-electron chi connectivity index (χ4n) is 4.68. The van der Waals surface area contributed by atoms with Crippen LogP contribution in [-0.2, 0) is 17.5 Å². The van der Waals surface area contributed by atoms with Crippen molar-refractivity contribution in [3.8, 4) is 11.1 Å². The average Bonchev–Trinajstić information content (AvgIpc) is 2.84. The molecule has 0 spiro atoms. The van der Waals surface area contributed by atoms with Gasteiger partial charge in [-0.2, -0.15) is 0 Å². The van der Waals surface area contributed by atoms with Crippen LogP contribution < -0.4 is 0 Å². The van der Waals surface area contributed by atoms with Crippen LogP contribution in [0.3, 0.4) is 0 Å². The predicted octanol–water partition coefficient (Wildman–Crippen LogP) is 10.1. The number of rotatable bonds is 8. The van der Waals surface area contributed by atoms with Crippen molar-refractivity contribution in [2.24, 2.45) is 0 Å². The summed E-state index contributed by atoms with van der Waals surface area (Å²) in [6, 6.07) is 26.8. The Morgan fingerprint density at radius 1 is 0.711 bits per heavy atom. The van der Waals surface area contributed by atoms with Crippen LogP contribution in [-0.4, -0.2) is 21.4 Å². The zero-order chi connectivity index (χ0) is 27.9. The highest BCUT2D eigenvalue weighted by molar-refractivity contribution is 6.74. The second-order valence-electron chi connectivity index (χ2n) is 13.7. The van der Waals surface area contributed by atoms with Gasteiger partial charge in [0.15, 0.2) is 16.6 Å². The molecule has 0 bridgehead atoms. The minimum absolute atomic E-state index is 0.0591. The Hall–Kier alpha value is -2.25. The summed E-state index contributed by atoms with van der Waals surface area (Å²) in [7, 11) is -4.16. The summed E-state index contributed by atoms with van der Waals surface area (Å²) in [4.78, 5) is 10.9. The maximum absolute atomic E-state index is 10.9. The van der Waals surface area contributed by atoms with Gasteiger partial charge in [-0.25, -0.2) is 0 Å². The van der Waals surface area contributed by atoms with Gasteiger partial charge in [0.05, 0.1) is 6.61 Å². The standard InChI is InChI=1S/C34H46O2Si2/c1-33(2,3)38(8,9)36-24-26-20-25(18-19-34(4,5)37(6,7)35)21-28(22-26)32-23-27-14-10-11-15-29(27)30-16-12-13-17-31(30)32/h10-17,20-23,35H,18-19,24H2,1-9H3. The molecule has 0 fully saturated rings. The molecule has 38 heavy (non-hydrogen) atoms. The van der Waals surface area contributed by atoms with Crippen LogP contribution in [0.15, 0.2) is 72.8 Å². The molecule has 0 heterocycles. The molecule has 4 rings (SSSR count). The summed E-state index contributed by atoms with van der Waals surface area (Å²) < 4.78 is 6.69. The van der Waals surface area contributed by atoms with Gasteiger partial charge in [-0.15, -0.1) is 0 Å². The summed E-state index contributed by atoms with van der Waals surface area (Å²) >= 11 is 0. The Morgan fingerprint density at radius 2 is 1.29 bits per heavy atom. The predicted molar refractivity (Wildman–Crippen MR) is 171 cm³/mol. The van der Waals surface area contributed by atoms with Gasteiger partial charge in [-0.1, -0.05) is 95.3 Å². The third kappa shape index (κ3) is 5.99. The molecule has 2 nitrogen and oxygen atoms in total. The van der Waals surface area contributed by atoms with E-state index in [1.165, 1.54) is 43.8 Å². The van der Waals surface area contributed by atoms with E-state index in [0.29, 0.717) is 6.61 Å². The second-order valence-corrected chi connectivity index (χ2v) is 23.0. The van der Waals surface area contributed by atoms with Gasteiger partial charge >= 0.3 is 0 Å². The van der Waals surface area contributed by atoms with Crippen LogP contribution in [0, 0.1) is 0 Å². The van der Waals surface area contributed by atoms with Gasteiger partial charge in [-0.3, -0.25) is 0 Å². The number of aryl methyl sites for hydroxylation is 1. The number of hydrogen-bond donors (Lipinski definition) is 1. The molecule has 0 atom stereocenters.